The van der Waals surface area contributed by atoms with E-state index in [0.29, 0.717) is 0 Å². The Morgan fingerprint density at radius 3 is 2.21 bits per heavy atom. The zero-order valence-corrected chi connectivity index (χ0v) is 6.23. The molecule has 9 heteroatoms. The molecule has 1 heterocycles. The van der Waals surface area contributed by atoms with Gasteiger partial charge in [0.25, 0.3) is 0 Å². The highest BCUT2D eigenvalue weighted by Gasteiger charge is 2.61. The Balaban J connectivity index is 3.24. The number of hydrogen-bond acceptors (Lipinski definition) is 3. The van der Waals surface area contributed by atoms with Crippen molar-refractivity contribution >= 4 is 0 Å². The summed E-state index contributed by atoms with van der Waals surface area (Å²) in [4.78, 5) is 0. The molecule has 0 unspecified atom stereocenters. The van der Waals surface area contributed by atoms with Crippen LogP contribution in [0.25, 0.3) is 0 Å². The van der Waals surface area contributed by atoms with Crippen LogP contribution in [0.3, 0.4) is 0 Å². The Labute approximate surface area is 73.3 Å². The smallest absolute Gasteiger partial charge is 0.254 e. The lowest BCUT2D eigenvalue weighted by Crippen LogP contribution is -2.34. The highest BCUT2D eigenvalue weighted by Crippen LogP contribution is 2.43. The second-order valence-electron chi connectivity index (χ2n) is 2.22. The minimum Gasteiger partial charge on any atom is -0.254 e. The summed E-state index contributed by atoms with van der Waals surface area (Å²) in [6, 6.07) is 1.07. The van der Waals surface area contributed by atoms with Gasteiger partial charge in [0.1, 0.15) is 6.07 Å². The van der Waals surface area contributed by atoms with Crippen molar-refractivity contribution in [1.82, 2.24) is 15.4 Å². The van der Waals surface area contributed by atoms with E-state index in [1.807, 2.05) is 0 Å². The zero-order chi connectivity index (χ0) is 11.0. The summed E-state index contributed by atoms with van der Waals surface area (Å²) in [5.74, 6) is -5.15. The van der Waals surface area contributed by atoms with Gasteiger partial charge in [-0.1, -0.05) is 5.21 Å². The topological polar surface area (TPSA) is 65.4 Å². The minimum absolute atomic E-state index is 1.07. The molecule has 1 N–H and O–H groups in total. The lowest BCUT2D eigenvalue weighted by atomic mass is 10.2. The molecule has 0 saturated carbocycles. The third-order valence-corrected chi connectivity index (χ3v) is 1.32. The van der Waals surface area contributed by atoms with Gasteiger partial charge in [0.05, 0.1) is 0 Å². The van der Waals surface area contributed by atoms with Crippen LogP contribution in [0.2, 0.25) is 0 Å². The highest BCUT2D eigenvalue weighted by molar-refractivity contribution is 5.28. The maximum atomic E-state index is 12.6. The molecular weight excluding hydrogens is 211 g/mol. The first-order valence-electron chi connectivity index (χ1n) is 3.07. The van der Waals surface area contributed by atoms with E-state index in [4.69, 9.17) is 5.26 Å². The van der Waals surface area contributed by atoms with Gasteiger partial charge in [-0.2, -0.15) is 27.2 Å². The van der Waals surface area contributed by atoms with E-state index < -0.39 is 23.5 Å². The molecule has 0 saturated heterocycles. The lowest BCUT2D eigenvalue weighted by molar-refractivity contribution is -0.291. The number of aromatic amines is 1. The van der Waals surface area contributed by atoms with E-state index in [2.05, 4.69) is 10.3 Å². The molecule has 0 aliphatic heterocycles. The summed E-state index contributed by atoms with van der Waals surface area (Å²) in [5, 5.41) is 15.0. The van der Waals surface area contributed by atoms with E-state index >= 15 is 0 Å². The number of aromatic nitrogens is 3. The molecule has 0 bridgehead atoms. The van der Waals surface area contributed by atoms with Gasteiger partial charge in [0.15, 0.2) is 11.4 Å². The van der Waals surface area contributed by atoms with Crippen molar-refractivity contribution in [2.45, 2.75) is 12.1 Å². The molecule has 0 fully saturated rings. The second-order valence-corrected chi connectivity index (χ2v) is 2.22. The first-order valence-corrected chi connectivity index (χ1v) is 3.07. The Morgan fingerprint density at radius 2 is 1.79 bits per heavy atom. The minimum atomic E-state index is -5.78. The van der Waals surface area contributed by atoms with Crippen molar-refractivity contribution in [2.24, 2.45) is 0 Å². The van der Waals surface area contributed by atoms with Crippen LogP contribution < -0.4 is 0 Å². The van der Waals surface area contributed by atoms with Gasteiger partial charge < -0.3 is 0 Å². The van der Waals surface area contributed by atoms with Gasteiger partial charge in [-0.3, -0.25) is 5.10 Å². The summed E-state index contributed by atoms with van der Waals surface area (Å²) in [7, 11) is 0. The number of nitriles is 1. The number of nitrogens with one attached hydrogen (secondary N) is 1. The summed E-state index contributed by atoms with van der Waals surface area (Å²) in [5.41, 5.74) is -2.72. The Bertz CT molecular complexity index is 372. The number of hydrogen-bond donors (Lipinski definition) is 1. The molecule has 1 aromatic heterocycles. The third kappa shape index (κ3) is 1.39. The number of H-pyrrole nitrogens is 1. The molecule has 0 aromatic carbocycles. The Hall–Kier alpha value is -1.72. The van der Waals surface area contributed by atoms with Crippen LogP contribution in [-0.2, 0) is 5.92 Å². The summed E-state index contributed by atoms with van der Waals surface area (Å²) in [6.45, 7) is 0. The first-order chi connectivity index (χ1) is 6.30. The van der Waals surface area contributed by atoms with Gasteiger partial charge in [0, 0.05) is 0 Å². The van der Waals surface area contributed by atoms with Crippen LogP contribution in [0.1, 0.15) is 11.4 Å². The molecule has 1 rings (SSSR count). The van der Waals surface area contributed by atoms with Crippen LogP contribution in [0.4, 0.5) is 22.0 Å². The number of halogens is 5. The molecule has 76 valence electrons. The molecule has 4 nitrogen and oxygen atoms in total. The second kappa shape index (κ2) is 2.90. The molecular formula is C5HF5N4. The summed E-state index contributed by atoms with van der Waals surface area (Å²) in [6.07, 6.45) is -5.78. The van der Waals surface area contributed by atoms with Gasteiger partial charge in [-0.15, -0.1) is 5.10 Å². The van der Waals surface area contributed by atoms with E-state index in [-0.39, 0.29) is 0 Å². The van der Waals surface area contributed by atoms with Crippen molar-refractivity contribution in [1.29, 1.82) is 5.26 Å². The lowest BCUT2D eigenvalue weighted by Gasteiger charge is -2.17. The fourth-order valence-corrected chi connectivity index (χ4v) is 0.667. The van der Waals surface area contributed by atoms with Crippen LogP contribution in [0.5, 0.6) is 0 Å². The van der Waals surface area contributed by atoms with Crippen LogP contribution in [0, 0.1) is 11.3 Å². The standard InChI is InChI=1S/C5HF5N4/c6-4(7,5(8,9)10)3-2(1-11)12-14-13-3/h(H,12,13,14). The fraction of sp³-hybridized carbons (Fsp3) is 0.400. The van der Waals surface area contributed by atoms with Gasteiger partial charge >= 0.3 is 12.1 Å². The van der Waals surface area contributed by atoms with E-state index in [1.165, 1.54) is 5.10 Å². The monoisotopic (exact) mass is 212 g/mol. The van der Waals surface area contributed by atoms with Crippen molar-refractivity contribution in [3.8, 4) is 6.07 Å². The van der Waals surface area contributed by atoms with Gasteiger partial charge in [-0.05, 0) is 0 Å². The SMILES string of the molecule is N#Cc1nn[nH]c1C(F)(F)C(F)(F)F. The highest BCUT2D eigenvalue weighted by atomic mass is 19.4. The van der Waals surface area contributed by atoms with Crippen LogP contribution in [-0.4, -0.2) is 21.6 Å². The van der Waals surface area contributed by atoms with E-state index in [1.54, 1.807) is 0 Å². The zero-order valence-electron chi connectivity index (χ0n) is 6.23. The number of nitrogens with zero attached hydrogens (tertiary/aromatic N) is 3. The largest absolute Gasteiger partial charge is 0.459 e. The molecule has 0 aliphatic rings. The normalized spacial score (nSPS) is 12.6. The maximum absolute atomic E-state index is 12.6. The number of rotatable bonds is 1. The summed E-state index contributed by atoms with van der Waals surface area (Å²) >= 11 is 0. The van der Waals surface area contributed by atoms with Gasteiger partial charge in [-0.25, -0.2) is 0 Å². The predicted octanol–water partition coefficient (Wildman–Crippen LogP) is 1.33. The fourth-order valence-electron chi connectivity index (χ4n) is 0.667. The predicted molar refractivity (Wildman–Crippen MR) is 31.0 cm³/mol. The van der Waals surface area contributed by atoms with E-state index in [9.17, 15) is 22.0 Å². The third-order valence-electron chi connectivity index (χ3n) is 1.32. The average Bonchev–Trinajstić information content (AvgIpc) is 2.49. The molecule has 0 amide bonds. The number of alkyl halides is 5. The van der Waals surface area contributed by atoms with Crippen molar-refractivity contribution in [2.75, 3.05) is 0 Å². The molecule has 0 atom stereocenters. The summed E-state index contributed by atoms with van der Waals surface area (Å²) < 4.78 is 60.4. The molecule has 1 aromatic rings. The van der Waals surface area contributed by atoms with Crippen LogP contribution >= 0.6 is 0 Å². The Morgan fingerprint density at radius 1 is 1.21 bits per heavy atom. The quantitative estimate of drug-likeness (QED) is 0.714. The van der Waals surface area contributed by atoms with Crippen LogP contribution in [0.15, 0.2) is 0 Å². The molecule has 0 aliphatic carbocycles. The first kappa shape index (κ1) is 10.4. The molecule has 0 radical (unpaired) electrons. The molecule has 0 spiro atoms. The van der Waals surface area contributed by atoms with E-state index in [0.717, 1.165) is 6.07 Å². The van der Waals surface area contributed by atoms with Crippen molar-refractivity contribution < 1.29 is 22.0 Å². The van der Waals surface area contributed by atoms with Gasteiger partial charge in [0.2, 0.25) is 0 Å². The Kier molecular flexibility index (Phi) is 2.15. The average molecular weight is 212 g/mol. The maximum Gasteiger partial charge on any atom is 0.459 e. The molecule has 14 heavy (non-hydrogen) atoms. The van der Waals surface area contributed by atoms with Crippen molar-refractivity contribution in [3.63, 3.8) is 0 Å². The van der Waals surface area contributed by atoms with Crippen molar-refractivity contribution in [3.05, 3.63) is 11.4 Å².